The van der Waals surface area contributed by atoms with Crippen LogP contribution in [0.2, 0.25) is 0 Å². The topological polar surface area (TPSA) is 23.8 Å². The van der Waals surface area contributed by atoms with Gasteiger partial charge in [-0.1, -0.05) is 0 Å². The molecule has 0 radical (unpaired) electrons. The summed E-state index contributed by atoms with van der Waals surface area (Å²) in [6.07, 6.45) is 0. The van der Waals surface area contributed by atoms with Crippen molar-refractivity contribution in [1.82, 2.24) is 0 Å². The van der Waals surface area contributed by atoms with Crippen molar-refractivity contribution in [3.05, 3.63) is 22.5 Å². The predicted octanol–water partition coefficient (Wildman–Crippen LogP) is 3.11. The monoisotopic (exact) mass is 153 g/mol. The molecule has 0 N–H and O–H groups in total. The molecule has 60 valence electrons. The van der Waals surface area contributed by atoms with Gasteiger partial charge < -0.3 is 0 Å². The zero-order chi connectivity index (χ0) is 9.02. The largest absolute Gasteiger partial charge is 0.207 e. The molecule has 2 heteroatoms. The van der Waals surface area contributed by atoms with E-state index in [1.165, 1.54) is 0 Å². The van der Waals surface area contributed by atoms with Gasteiger partial charge in [0.25, 0.3) is 0 Å². The number of hydrogen-bond donors (Lipinski definition) is 0. The molecular weight excluding hydrogens is 141 g/mol. The second kappa shape index (κ2) is 3.92. The molecule has 1 nitrogen and oxygen atoms in total. The number of hydrogen-bond acceptors (Lipinski definition) is 1. The standard InChI is InChI=1S/C9H12FN/c1-6(2)9(10)8(4)7(3)5-11/h1-4H3. The molecule has 0 aliphatic heterocycles. The maximum Gasteiger partial charge on any atom is 0.125 e. The normalized spacial score (nSPS) is 11.6. The van der Waals surface area contributed by atoms with Crippen LogP contribution in [-0.4, -0.2) is 0 Å². The average Bonchev–Trinajstić information content (AvgIpc) is 2.00. The molecule has 0 unspecified atom stereocenters. The van der Waals surface area contributed by atoms with E-state index in [4.69, 9.17) is 5.26 Å². The molecule has 0 amide bonds. The van der Waals surface area contributed by atoms with Crippen molar-refractivity contribution in [3.63, 3.8) is 0 Å². The van der Waals surface area contributed by atoms with E-state index in [9.17, 15) is 4.39 Å². The van der Waals surface area contributed by atoms with Crippen LogP contribution in [0.15, 0.2) is 22.5 Å². The lowest BCUT2D eigenvalue weighted by molar-refractivity contribution is 0.637. The Hall–Kier alpha value is -1.10. The Bertz CT molecular complexity index is 249. The number of rotatable bonds is 1. The van der Waals surface area contributed by atoms with Gasteiger partial charge in [0.1, 0.15) is 5.83 Å². The second-order valence-electron chi connectivity index (χ2n) is 2.68. The second-order valence-corrected chi connectivity index (χ2v) is 2.68. The Morgan fingerprint density at radius 3 is 1.91 bits per heavy atom. The summed E-state index contributed by atoms with van der Waals surface area (Å²) in [5.41, 5.74) is 1.48. The Morgan fingerprint density at radius 1 is 1.18 bits per heavy atom. The predicted molar refractivity (Wildman–Crippen MR) is 43.5 cm³/mol. The molecule has 0 spiro atoms. The maximum atomic E-state index is 13.0. The number of halogens is 1. The molecule has 0 heterocycles. The highest BCUT2D eigenvalue weighted by Gasteiger charge is 2.03. The van der Waals surface area contributed by atoms with E-state index in [-0.39, 0.29) is 5.83 Å². The van der Waals surface area contributed by atoms with Gasteiger partial charge in [0.15, 0.2) is 0 Å². The fourth-order valence-corrected chi connectivity index (χ4v) is 0.623. The molecule has 0 saturated carbocycles. The summed E-state index contributed by atoms with van der Waals surface area (Å²) < 4.78 is 13.0. The first-order valence-corrected chi connectivity index (χ1v) is 3.41. The van der Waals surface area contributed by atoms with Gasteiger partial charge >= 0.3 is 0 Å². The molecule has 0 aromatic heterocycles. The average molecular weight is 153 g/mol. The third-order valence-electron chi connectivity index (χ3n) is 1.50. The molecule has 0 atom stereocenters. The van der Waals surface area contributed by atoms with Gasteiger partial charge in [-0.05, 0) is 38.8 Å². The lowest BCUT2D eigenvalue weighted by Gasteiger charge is -1.99. The van der Waals surface area contributed by atoms with Crippen LogP contribution in [0.1, 0.15) is 27.7 Å². The van der Waals surface area contributed by atoms with Crippen molar-refractivity contribution in [3.8, 4) is 6.07 Å². The fourth-order valence-electron chi connectivity index (χ4n) is 0.623. The maximum absolute atomic E-state index is 13.0. The van der Waals surface area contributed by atoms with E-state index in [1.807, 2.05) is 6.07 Å². The summed E-state index contributed by atoms with van der Waals surface area (Å²) in [6.45, 7) is 6.59. The van der Waals surface area contributed by atoms with Crippen molar-refractivity contribution < 1.29 is 4.39 Å². The molecule has 0 saturated heterocycles. The van der Waals surface area contributed by atoms with Gasteiger partial charge in [0.05, 0.1) is 6.07 Å². The molecule has 0 aromatic carbocycles. The highest BCUT2D eigenvalue weighted by Crippen LogP contribution is 2.18. The first kappa shape index (κ1) is 9.90. The van der Waals surface area contributed by atoms with Crippen molar-refractivity contribution in [1.29, 1.82) is 5.26 Å². The SMILES string of the molecule is CC(C)=C(F)C(C)=C(C)C#N. The van der Waals surface area contributed by atoms with Gasteiger partial charge in [-0.3, -0.25) is 0 Å². The van der Waals surface area contributed by atoms with Gasteiger partial charge in [0, 0.05) is 5.57 Å². The van der Waals surface area contributed by atoms with Crippen LogP contribution in [0.5, 0.6) is 0 Å². The molecule has 0 aliphatic carbocycles. The van der Waals surface area contributed by atoms with Crippen molar-refractivity contribution in [2.45, 2.75) is 27.7 Å². The Kier molecular flexibility index (Phi) is 3.53. The van der Waals surface area contributed by atoms with Gasteiger partial charge in [-0.2, -0.15) is 5.26 Å². The first-order valence-electron chi connectivity index (χ1n) is 3.41. The van der Waals surface area contributed by atoms with Crippen LogP contribution < -0.4 is 0 Å². The van der Waals surface area contributed by atoms with Crippen LogP contribution in [0.4, 0.5) is 4.39 Å². The zero-order valence-corrected chi connectivity index (χ0v) is 7.33. The van der Waals surface area contributed by atoms with Crippen LogP contribution in [0.25, 0.3) is 0 Å². The van der Waals surface area contributed by atoms with Crippen LogP contribution in [0.3, 0.4) is 0 Å². The van der Waals surface area contributed by atoms with E-state index in [0.29, 0.717) is 16.7 Å². The van der Waals surface area contributed by atoms with Crippen LogP contribution >= 0.6 is 0 Å². The zero-order valence-electron chi connectivity index (χ0n) is 7.33. The summed E-state index contributed by atoms with van der Waals surface area (Å²) in [5.74, 6) is -0.274. The summed E-state index contributed by atoms with van der Waals surface area (Å²) in [5, 5.41) is 8.44. The number of nitriles is 1. The van der Waals surface area contributed by atoms with Crippen LogP contribution in [0, 0.1) is 11.3 Å². The molecule has 0 aromatic rings. The molecule has 11 heavy (non-hydrogen) atoms. The quantitative estimate of drug-likeness (QED) is 0.419. The Morgan fingerprint density at radius 2 is 1.64 bits per heavy atom. The minimum absolute atomic E-state index is 0.274. The number of allylic oxidation sites excluding steroid dienone is 4. The van der Waals surface area contributed by atoms with E-state index in [1.54, 1.807) is 27.7 Å². The van der Waals surface area contributed by atoms with Crippen molar-refractivity contribution in [2.75, 3.05) is 0 Å². The third kappa shape index (κ3) is 2.55. The Labute approximate surface area is 66.8 Å². The van der Waals surface area contributed by atoms with E-state index in [2.05, 4.69) is 0 Å². The highest BCUT2D eigenvalue weighted by atomic mass is 19.1. The molecule has 0 aliphatic rings. The van der Waals surface area contributed by atoms with Gasteiger partial charge in [-0.15, -0.1) is 0 Å². The fraction of sp³-hybridized carbons (Fsp3) is 0.444. The lowest BCUT2D eigenvalue weighted by atomic mass is 10.1. The van der Waals surface area contributed by atoms with Crippen molar-refractivity contribution in [2.24, 2.45) is 0 Å². The summed E-state index contributed by atoms with van der Waals surface area (Å²) in [7, 11) is 0. The first-order chi connectivity index (χ1) is 5.00. The molecular formula is C9H12FN. The van der Waals surface area contributed by atoms with Gasteiger partial charge in [-0.25, -0.2) is 4.39 Å². The van der Waals surface area contributed by atoms with E-state index in [0.717, 1.165) is 0 Å². The van der Waals surface area contributed by atoms with Crippen molar-refractivity contribution >= 4 is 0 Å². The number of nitrogens with zero attached hydrogens (tertiary/aromatic N) is 1. The molecule has 0 rings (SSSR count). The van der Waals surface area contributed by atoms with E-state index < -0.39 is 0 Å². The smallest absolute Gasteiger partial charge is 0.125 e. The lowest BCUT2D eigenvalue weighted by Crippen LogP contribution is -1.85. The third-order valence-corrected chi connectivity index (χ3v) is 1.50. The minimum Gasteiger partial charge on any atom is -0.207 e. The van der Waals surface area contributed by atoms with Gasteiger partial charge in [0.2, 0.25) is 0 Å². The highest BCUT2D eigenvalue weighted by molar-refractivity contribution is 5.36. The molecule has 0 fully saturated rings. The summed E-state index contributed by atoms with van der Waals surface area (Å²) in [4.78, 5) is 0. The summed E-state index contributed by atoms with van der Waals surface area (Å²) >= 11 is 0. The van der Waals surface area contributed by atoms with E-state index >= 15 is 0 Å². The van der Waals surface area contributed by atoms with Crippen LogP contribution in [-0.2, 0) is 0 Å². The minimum atomic E-state index is -0.274. The molecule has 0 bridgehead atoms. The Balaban J connectivity index is 4.95. The summed E-state index contributed by atoms with van der Waals surface area (Å²) in [6, 6.07) is 1.91.